The Labute approximate surface area is 155 Å². The fraction of sp³-hybridized carbons (Fsp3) is 0.333. The molecule has 2 aromatic heterocycles. The Balaban J connectivity index is 1.66. The number of rotatable bonds is 3. The lowest BCUT2D eigenvalue weighted by Gasteiger charge is -2.31. The zero-order valence-corrected chi connectivity index (χ0v) is 15.9. The quantitative estimate of drug-likeness (QED) is 0.747. The van der Waals surface area contributed by atoms with E-state index in [4.69, 9.17) is 0 Å². The number of aromatic nitrogens is 2. The van der Waals surface area contributed by atoms with E-state index in [1.807, 2.05) is 19.1 Å². The molecule has 26 heavy (non-hydrogen) atoms. The molecule has 1 unspecified atom stereocenters. The number of sulfonamides is 1. The van der Waals surface area contributed by atoms with Gasteiger partial charge >= 0.3 is 0 Å². The minimum absolute atomic E-state index is 0.114. The monoisotopic (exact) mass is 389 g/mol. The molecule has 1 atom stereocenters. The van der Waals surface area contributed by atoms with Crippen LogP contribution in [0.25, 0.3) is 10.9 Å². The number of hydrogen-bond donors (Lipinski definition) is 1. The summed E-state index contributed by atoms with van der Waals surface area (Å²) in [4.78, 5) is 20.7. The second-order valence-corrected chi connectivity index (χ2v) is 9.99. The first-order valence-electron chi connectivity index (χ1n) is 8.51. The summed E-state index contributed by atoms with van der Waals surface area (Å²) < 4.78 is 27.7. The van der Waals surface area contributed by atoms with E-state index in [0.717, 1.165) is 17.7 Å². The van der Waals surface area contributed by atoms with Crippen molar-refractivity contribution in [3.63, 3.8) is 0 Å². The summed E-state index contributed by atoms with van der Waals surface area (Å²) in [6.45, 7) is 2.72. The number of hydrogen-bond acceptors (Lipinski definition) is 5. The summed E-state index contributed by atoms with van der Waals surface area (Å²) in [5, 5.41) is 0.547. The van der Waals surface area contributed by atoms with Crippen molar-refractivity contribution in [2.24, 2.45) is 0 Å². The molecular formula is C18H19N3O3S2. The van der Waals surface area contributed by atoms with E-state index in [-0.39, 0.29) is 11.5 Å². The Hall–Kier alpha value is -2.03. The summed E-state index contributed by atoms with van der Waals surface area (Å²) in [7, 11) is -3.50. The zero-order chi connectivity index (χ0) is 18.3. The number of para-hydroxylation sites is 1. The van der Waals surface area contributed by atoms with Crippen LogP contribution >= 0.6 is 11.3 Å². The number of nitrogens with zero attached hydrogens (tertiary/aromatic N) is 2. The Bertz CT molecular complexity index is 1120. The molecule has 0 amide bonds. The maximum Gasteiger partial charge on any atom is 0.258 e. The molecule has 0 radical (unpaired) electrons. The molecule has 136 valence electrons. The number of piperidine rings is 1. The van der Waals surface area contributed by atoms with Crippen molar-refractivity contribution >= 4 is 32.3 Å². The number of aromatic amines is 1. The summed E-state index contributed by atoms with van der Waals surface area (Å²) >= 11 is 1.29. The molecule has 1 saturated heterocycles. The van der Waals surface area contributed by atoms with E-state index < -0.39 is 10.0 Å². The average Bonchev–Trinajstić information content (AvgIpc) is 3.09. The molecule has 8 heteroatoms. The molecule has 1 aromatic carbocycles. The highest BCUT2D eigenvalue weighted by Gasteiger charge is 2.32. The molecule has 1 aliphatic rings. The lowest BCUT2D eigenvalue weighted by molar-refractivity contribution is 0.310. The molecule has 0 spiro atoms. The minimum Gasteiger partial charge on any atom is -0.310 e. The highest BCUT2D eigenvalue weighted by Crippen LogP contribution is 2.31. The van der Waals surface area contributed by atoms with Crippen molar-refractivity contribution in [3.8, 4) is 0 Å². The molecule has 0 saturated carbocycles. The molecule has 1 aliphatic heterocycles. The van der Waals surface area contributed by atoms with Crippen molar-refractivity contribution < 1.29 is 8.42 Å². The third-order valence-electron chi connectivity index (χ3n) is 4.71. The molecule has 3 aromatic rings. The Morgan fingerprint density at radius 3 is 2.81 bits per heavy atom. The van der Waals surface area contributed by atoms with E-state index in [1.165, 1.54) is 15.6 Å². The van der Waals surface area contributed by atoms with Gasteiger partial charge in [-0.15, -0.1) is 11.3 Å². The van der Waals surface area contributed by atoms with Gasteiger partial charge in [0.15, 0.2) is 0 Å². The number of fused-ring (bicyclic) bond motifs is 1. The molecule has 4 rings (SSSR count). The second-order valence-electron chi connectivity index (χ2n) is 6.54. The Kier molecular flexibility index (Phi) is 4.42. The molecule has 3 heterocycles. The number of aryl methyl sites for hydroxylation is 1. The standard InChI is InChI=1S/C18H19N3O3S2/c1-12-8-9-16(25-12)26(23,24)21-10-4-5-13(11-21)17-19-15-7-3-2-6-14(15)18(22)20-17/h2-3,6-9,13H,4-5,10-11H2,1H3,(H,19,20,22). The first-order valence-corrected chi connectivity index (χ1v) is 10.8. The van der Waals surface area contributed by atoms with Gasteiger partial charge in [-0.3, -0.25) is 4.79 Å². The van der Waals surface area contributed by atoms with Gasteiger partial charge < -0.3 is 4.98 Å². The van der Waals surface area contributed by atoms with Crippen LogP contribution in [-0.2, 0) is 10.0 Å². The molecule has 1 fully saturated rings. The summed E-state index contributed by atoms with van der Waals surface area (Å²) in [6.07, 6.45) is 1.54. The second kappa shape index (κ2) is 6.61. The van der Waals surface area contributed by atoms with Gasteiger partial charge in [-0.25, -0.2) is 13.4 Å². The molecule has 1 N–H and O–H groups in total. The lowest BCUT2D eigenvalue weighted by Crippen LogP contribution is -2.39. The average molecular weight is 390 g/mol. The van der Waals surface area contributed by atoms with Gasteiger partial charge in [0, 0.05) is 23.9 Å². The highest BCUT2D eigenvalue weighted by molar-refractivity contribution is 7.91. The Morgan fingerprint density at radius 1 is 1.23 bits per heavy atom. The van der Waals surface area contributed by atoms with E-state index in [2.05, 4.69) is 9.97 Å². The van der Waals surface area contributed by atoms with E-state index in [1.54, 1.807) is 24.3 Å². The van der Waals surface area contributed by atoms with Gasteiger partial charge in [0.1, 0.15) is 10.0 Å². The first-order chi connectivity index (χ1) is 12.4. The summed E-state index contributed by atoms with van der Waals surface area (Å²) in [5.41, 5.74) is 0.458. The third-order valence-corrected chi connectivity index (χ3v) is 8.05. The molecule has 0 bridgehead atoms. The predicted molar refractivity (Wildman–Crippen MR) is 102 cm³/mol. The Morgan fingerprint density at radius 2 is 2.04 bits per heavy atom. The molecule has 0 aliphatic carbocycles. The highest BCUT2D eigenvalue weighted by atomic mass is 32.2. The van der Waals surface area contributed by atoms with Crippen molar-refractivity contribution in [2.75, 3.05) is 13.1 Å². The van der Waals surface area contributed by atoms with Gasteiger partial charge in [0.2, 0.25) is 0 Å². The molecular weight excluding hydrogens is 370 g/mol. The topological polar surface area (TPSA) is 83.1 Å². The third kappa shape index (κ3) is 3.08. The lowest BCUT2D eigenvalue weighted by atomic mass is 9.98. The summed E-state index contributed by atoms with van der Waals surface area (Å²) in [5.74, 6) is 0.452. The van der Waals surface area contributed by atoms with Crippen LogP contribution in [0, 0.1) is 6.92 Å². The van der Waals surface area contributed by atoms with Gasteiger partial charge in [-0.1, -0.05) is 12.1 Å². The largest absolute Gasteiger partial charge is 0.310 e. The van der Waals surface area contributed by atoms with E-state index in [9.17, 15) is 13.2 Å². The van der Waals surface area contributed by atoms with Crippen LogP contribution in [0.15, 0.2) is 45.4 Å². The smallest absolute Gasteiger partial charge is 0.258 e. The predicted octanol–water partition coefficient (Wildman–Crippen LogP) is 2.86. The fourth-order valence-electron chi connectivity index (χ4n) is 3.36. The van der Waals surface area contributed by atoms with Gasteiger partial charge in [0.05, 0.1) is 10.9 Å². The van der Waals surface area contributed by atoms with Gasteiger partial charge in [0.25, 0.3) is 15.6 Å². The maximum absolute atomic E-state index is 12.9. The van der Waals surface area contributed by atoms with Crippen molar-refractivity contribution in [2.45, 2.75) is 29.9 Å². The van der Waals surface area contributed by atoms with Crippen LogP contribution in [0.4, 0.5) is 0 Å². The normalized spacial score (nSPS) is 19.0. The summed E-state index contributed by atoms with van der Waals surface area (Å²) in [6, 6.07) is 10.7. The van der Waals surface area contributed by atoms with Crippen LogP contribution in [0.1, 0.15) is 29.5 Å². The number of nitrogens with one attached hydrogen (secondary N) is 1. The number of H-pyrrole nitrogens is 1. The van der Waals surface area contributed by atoms with Crippen LogP contribution in [0.2, 0.25) is 0 Å². The van der Waals surface area contributed by atoms with Crippen LogP contribution < -0.4 is 5.56 Å². The zero-order valence-electron chi connectivity index (χ0n) is 14.3. The molecule has 6 nitrogen and oxygen atoms in total. The van der Waals surface area contributed by atoms with Crippen LogP contribution in [-0.4, -0.2) is 35.8 Å². The number of benzene rings is 1. The van der Waals surface area contributed by atoms with Gasteiger partial charge in [-0.05, 0) is 44.0 Å². The van der Waals surface area contributed by atoms with Gasteiger partial charge in [-0.2, -0.15) is 4.31 Å². The van der Waals surface area contributed by atoms with E-state index in [0.29, 0.717) is 34.0 Å². The maximum atomic E-state index is 12.9. The fourth-order valence-corrected chi connectivity index (χ4v) is 6.32. The minimum atomic E-state index is -3.50. The first kappa shape index (κ1) is 17.4. The van der Waals surface area contributed by atoms with Crippen LogP contribution in [0.3, 0.4) is 0 Å². The van der Waals surface area contributed by atoms with E-state index >= 15 is 0 Å². The van der Waals surface area contributed by atoms with Crippen molar-refractivity contribution in [1.82, 2.24) is 14.3 Å². The van der Waals surface area contributed by atoms with Crippen molar-refractivity contribution in [3.05, 3.63) is 57.5 Å². The van der Waals surface area contributed by atoms with Crippen LogP contribution in [0.5, 0.6) is 0 Å². The van der Waals surface area contributed by atoms with Crippen molar-refractivity contribution in [1.29, 1.82) is 0 Å². The SMILES string of the molecule is Cc1ccc(S(=O)(=O)N2CCCC(c3nc4ccccc4c(=O)[nH]3)C2)s1. The number of thiophene rings is 1.